The number of ether oxygens (including phenoxy) is 1. The zero-order valence-electron chi connectivity index (χ0n) is 16.7. The monoisotopic (exact) mass is 398 g/mol. The molecule has 1 N–H and O–H groups in total. The fourth-order valence-corrected chi connectivity index (χ4v) is 3.17. The van der Waals surface area contributed by atoms with E-state index in [1.165, 1.54) is 5.56 Å². The molecule has 0 aliphatic carbocycles. The van der Waals surface area contributed by atoms with E-state index in [0.29, 0.717) is 17.4 Å². The summed E-state index contributed by atoms with van der Waals surface area (Å²) >= 11 is 0. The molecule has 0 fully saturated rings. The molecule has 4 aromatic rings. The topological polar surface area (TPSA) is 69.0 Å². The second-order valence-corrected chi connectivity index (χ2v) is 6.88. The predicted molar refractivity (Wildman–Crippen MR) is 116 cm³/mol. The lowest BCUT2D eigenvalue weighted by atomic mass is 10.0. The Kier molecular flexibility index (Phi) is 5.85. The van der Waals surface area contributed by atoms with Crippen molar-refractivity contribution in [3.05, 3.63) is 102 Å². The first-order chi connectivity index (χ1) is 14.7. The van der Waals surface area contributed by atoms with Crippen LogP contribution in [0.1, 0.15) is 16.8 Å². The highest BCUT2D eigenvalue weighted by molar-refractivity contribution is 5.91. The molecule has 1 amide bonds. The van der Waals surface area contributed by atoms with Gasteiger partial charge in [-0.05, 0) is 36.2 Å². The maximum Gasteiger partial charge on any atom is 0.263 e. The summed E-state index contributed by atoms with van der Waals surface area (Å²) in [6.45, 7) is 1.77. The maximum atomic E-state index is 12.6. The molecule has 2 aromatic heterocycles. The Balaban J connectivity index is 1.43. The first kappa shape index (κ1) is 19.4. The Bertz CT molecular complexity index is 1120. The van der Waals surface area contributed by atoms with Crippen molar-refractivity contribution < 1.29 is 9.53 Å². The summed E-state index contributed by atoms with van der Waals surface area (Å²) in [6, 6.07) is 25.3. The third kappa shape index (κ3) is 4.72. The highest BCUT2D eigenvalue weighted by atomic mass is 16.5. The normalized spacial score (nSPS) is 10.6. The van der Waals surface area contributed by atoms with Gasteiger partial charge in [-0.2, -0.15) is 9.78 Å². The fourth-order valence-electron chi connectivity index (χ4n) is 3.17. The minimum absolute atomic E-state index is 0.0990. The molecule has 0 aliphatic heterocycles. The number of pyridine rings is 1. The molecule has 0 aliphatic rings. The van der Waals surface area contributed by atoms with Gasteiger partial charge in [0.05, 0.1) is 5.69 Å². The molecule has 0 radical (unpaired) electrons. The molecule has 2 aromatic carbocycles. The number of benzene rings is 2. The number of anilines is 1. The van der Waals surface area contributed by atoms with Gasteiger partial charge in [-0.15, -0.1) is 0 Å². The fraction of sp³-hybridized carbons (Fsp3) is 0.125. The van der Waals surface area contributed by atoms with E-state index in [1.807, 2.05) is 67.6 Å². The van der Waals surface area contributed by atoms with E-state index in [4.69, 9.17) is 4.74 Å². The van der Waals surface area contributed by atoms with E-state index < -0.39 is 0 Å². The molecule has 30 heavy (non-hydrogen) atoms. The standard InChI is InChI=1S/C24H22N4O2/c1-18-15-23(28(27-18)22-13-7-8-14-25-22)26-24(29)17-30-21-12-6-5-11-20(21)16-19-9-3-2-4-10-19/h2-15H,16-17H2,1H3,(H,26,29). The molecular weight excluding hydrogens is 376 g/mol. The predicted octanol–water partition coefficient (Wildman–Crippen LogP) is 4.18. The molecule has 6 heteroatoms. The van der Waals surface area contributed by atoms with Crippen LogP contribution in [0.15, 0.2) is 85.1 Å². The van der Waals surface area contributed by atoms with Crippen LogP contribution in [0.5, 0.6) is 5.75 Å². The van der Waals surface area contributed by atoms with Gasteiger partial charge in [0.15, 0.2) is 12.4 Å². The van der Waals surface area contributed by atoms with E-state index in [9.17, 15) is 4.79 Å². The number of rotatable bonds is 7. The lowest BCUT2D eigenvalue weighted by Crippen LogP contribution is -2.22. The third-order valence-electron chi connectivity index (χ3n) is 4.53. The first-order valence-electron chi connectivity index (χ1n) is 9.71. The van der Waals surface area contributed by atoms with Gasteiger partial charge >= 0.3 is 0 Å². The summed E-state index contributed by atoms with van der Waals surface area (Å²) < 4.78 is 7.45. The number of carbonyl (C=O) groups is 1. The molecule has 0 bridgehead atoms. The number of amides is 1. The summed E-state index contributed by atoms with van der Waals surface area (Å²) in [5.74, 6) is 1.62. The molecule has 0 spiro atoms. The van der Waals surface area contributed by atoms with E-state index in [1.54, 1.807) is 16.9 Å². The minimum Gasteiger partial charge on any atom is -0.483 e. The number of para-hydroxylation sites is 1. The number of aryl methyl sites for hydroxylation is 1. The van der Waals surface area contributed by atoms with Crippen LogP contribution in [-0.4, -0.2) is 27.3 Å². The number of carbonyl (C=O) groups excluding carboxylic acids is 1. The molecule has 150 valence electrons. The van der Waals surface area contributed by atoms with Crippen molar-refractivity contribution in [2.24, 2.45) is 0 Å². The van der Waals surface area contributed by atoms with Crippen LogP contribution in [0, 0.1) is 6.92 Å². The molecule has 0 unspecified atom stereocenters. The number of aromatic nitrogens is 3. The van der Waals surface area contributed by atoms with E-state index in [-0.39, 0.29) is 12.5 Å². The van der Waals surface area contributed by atoms with Gasteiger partial charge in [0.25, 0.3) is 5.91 Å². The smallest absolute Gasteiger partial charge is 0.263 e. The van der Waals surface area contributed by atoms with Crippen LogP contribution in [0.2, 0.25) is 0 Å². The summed E-state index contributed by atoms with van der Waals surface area (Å²) in [7, 11) is 0. The number of nitrogens with zero attached hydrogens (tertiary/aromatic N) is 3. The Morgan fingerprint density at radius 2 is 1.77 bits per heavy atom. The quantitative estimate of drug-likeness (QED) is 0.507. The van der Waals surface area contributed by atoms with Crippen molar-refractivity contribution in [3.63, 3.8) is 0 Å². The van der Waals surface area contributed by atoms with Gasteiger partial charge in [-0.25, -0.2) is 4.98 Å². The molecule has 2 heterocycles. The zero-order valence-corrected chi connectivity index (χ0v) is 16.7. The molecule has 0 saturated carbocycles. The van der Waals surface area contributed by atoms with Crippen molar-refractivity contribution >= 4 is 11.7 Å². The highest BCUT2D eigenvalue weighted by Gasteiger charge is 2.13. The van der Waals surface area contributed by atoms with Gasteiger partial charge in [-0.3, -0.25) is 4.79 Å². The van der Waals surface area contributed by atoms with Crippen LogP contribution in [0.4, 0.5) is 5.82 Å². The Morgan fingerprint density at radius 1 is 1.00 bits per heavy atom. The van der Waals surface area contributed by atoms with Crippen molar-refractivity contribution in [1.29, 1.82) is 0 Å². The Morgan fingerprint density at radius 3 is 2.57 bits per heavy atom. The van der Waals surface area contributed by atoms with Crippen molar-refractivity contribution in [2.75, 3.05) is 11.9 Å². The third-order valence-corrected chi connectivity index (χ3v) is 4.53. The van der Waals surface area contributed by atoms with Gasteiger partial charge in [-0.1, -0.05) is 54.6 Å². The van der Waals surface area contributed by atoms with Gasteiger partial charge in [0.1, 0.15) is 11.6 Å². The van der Waals surface area contributed by atoms with Crippen molar-refractivity contribution in [2.45, 2.75) is 13.3 Å². The SMILES string of the molecule is Cc1cc(NC(=O)COc2ccccc2Cc2ccccc2)n(-c2ccccn2)n1. The zero-order chi connectivity index (χ0) is 20.8. The number of hydrogen-bond donors (Lipinski definition) is 1. The summed E-state index contributed by atoms with van der Waals surface area (Å²) in [5, 5.41) is 7.28. The maximum absolute atomic E-state index is 12.6. The molecule has 0 atom stereocenters. The van der Waals surface area contributed by atoms with Crippen molar-refractivity contribution in [3.8, 4) is 11.6 Å². The molecular formula is C24H22N4O2. The van der Waals surface area contributed by atoms with Crippen LogP contribution in [0.25, 0.3) is 5.82 Å². The summed E-state index contributed by atoms with van der Waals surface area (Å²) in [5.41, 5.74) is 3.00. The molecule has 4 rings (SSSR count). The van der Waals surface area contributed by atoms with Crippen LogP contribution in [0.3, 0.4) is 0 Å². The second kappa shape index (κ2) is 9.05. The average Bonchev–Trinajstić information content (AvgIpc) is 3.14. The van der Waals surface area contributed by atoms with Gasteiger partial charge in [0.2, 0.25) is 0 Å². The van der Waals surface area contributed by atoms with Crippen molar-refractivity contribution in [1.82, 2.24) is 14.8 Å². The van der Waals surface area contributed by atoms with Gasteiger partial charge < -0.3 is 10.1 Å². The number of nitrogens with one attached hydrogen (secondary N) is 1. The lowest BCUT2D eigenvalue weighted by molar-refractivity contribution is -0.118. The number of hydrogen-bond acceptors (Lipinski definition) is 4. The summed E-state index contributed by atoms with van der Waals surface area (Å²) in [4.78, 5) is 16.8. The Labute approximate surface area is 175 Å². The molecule has 0 saturated heterocycles. The van der Waals surface area contributed by atoms with Crippen LogP contribution >= 0.6 is 0 Å². The van der Waals surface area contributed by atoms with E-state index in [0.717, 1.165) is 17.7 Å². The average molecular weight is 398 g/mol. The second-order valence-electron chi connectivity index (χ2n) is 6.88. The molecule has 6 nitrogen and oxygen atoms in total. The Hall–Kier alpha value is -3.93. The van der Waals surface area contributed by atoms with Crippen LogP contribution in [-0.2, 0) is 11.2 Å². The lowest BCUT2D eigenvalue weighted by Gasteiger charge is -2.12. The summed E-state index contributed by atoms with van der Waals surface area (Å²) in [6.07, 6.45) is 2.43. The van der Waals surface area contributed by atoms with Gasteiger partial charge in [0, 0.05) is 18.7 Å². The minimum atomic E-state index is -0.262. The van der Waals surface area contributed by atoms with E-state index in [2.05, 4.69) is 27.5 Å². The first-order valence-corrected chi connectivity index (χ1v) is 9.71. The highest BCUT2D eigenvalue weighted by Crippen LogP contribution is 2.22. The largest absolute Gasteiger partial charge is 0.483 e. The van der Waals surface area contributed by atoms with E-state index >= 15 is 0 Å². The van der Waals surface area contributed by atoms with Crippen LogP contribution < -0.4 is 10.1 Å².